The summed E-state index contributed by atoms with van der Waals surface area (Å²) >= 11 is 0. The van der Waals surface area contributed by atoms with Crippen LogP contribution in [0.2, 0.25) is 0 Å². The Labute approximate surface area is 200 Å². The topological polar surface area (TPSA) is 122 Å². The van der Waals surface area contributed by atoms with Gasteiger partial charge in [0.25, 0.3) is 21.6 Å². The van der Waals surface area contributed by atoms with E-state index in [0.717, 1.165) is 47.8 Å². The largest absolute Gasteiger partial charge is 0.289 e. The number of hydrogen-bond acceptors (Lipinski definition) is 6. The predicted octanol–water partition coefficient (Wildman–Crippen LogP) is 4.50. The predicted molar refractivity (Wildman–Crippen MR) is 131 cm³/mol. The number of nitrogens with one attached hydrogen (secondary N) is 1. The van der Waals surface area contributed by atoms with Crippen molar-refractivity contribution in [1.82, 2.24) is 5.43 Å². The highest BCUT2D eigenvalue weighted by atomic mass is 32.2. The molecule has 10 heteroatoms. The van der Waals surface area contributed by atoms with E-state index in [0.29, 0.717) is 5.92 Å². The van der Waals surface area contributed by atoms with Gasteiger partial charge >= 0.3 is 0 Å². The third kappa shape index (κ3) is 5.99. The molecule has 1 saturated carbocycles. The average molecular weight is 487 g/mol. The molecule has 182 valence electrons. The third-order valence-electron chi connectivity index (χ3n) is 6.09. The lowest BCUT2D eigenvalue weighted by Gasteiger charge is -2.34. The van der Waals surface area contributed by atoms with Gasteiger partial charge in [-0.05, 0) is 55.2 Å². The molecule has 1 N–H and O–H groups in total. The quantitative estimate of drug-likeness (QED) is 0.456. The van der Waals surface area contributed by atoms with Gasteiger partial charge in [-0.3, -0.25) is 19.2 Å². The maximum atomic E-state index is 13.4. The molecular weight excluding hydrogens is 456 g/mol. The fourth-order valence-corrected chi connectivity index (χ4v) is 5.67. The summed E-state index contributed by atoms with van der Waals surface area (Å²) in [6.45, 7) is 6.09. The first-order chi connectivity index (χ1) is 16.0. The molecule has 1 amide bonds. The molecule has 0 aromatic heterocycles. The number of anilines is 1. The molecule has 34 heavy (non-hydrogen) atoms. The van der Waals surface area contributed by atoms with Crippen LogP contribution in [0.3, 0.4) is 0 Å². The van der Waals surface area contributed by atoms with Crippen LogP contribution in [-0.4, -0.2) is 31.5 Å². The molecule has 0 atom stereocenters. The van der Waals surface area contributed by atoms with Crippen LogP contribution < -0.4 is 9.73 Å². The summed E-state index contributed by atoms with van der Waals surface area (Å²) in [5.74, 6) is -0.0426. The summed E-state index contributed by atoms with van der Waals surface area (Å²) in [5.41, 5.74) is 3.24. The molecule has 0 saturated heterocycles. The lowest BCUT2D eigenvalue weighted by molar-refractivity contribution is -0.387. The van der Waals surface area contributed by atoms with Crippen molar-refractivity contribution >= 4 is 33.0 Å². The number of carbonyl (C=O) groups is 1. The Morgan fingerprint density at radius 1 is 1.09 bits per heavy atom. The summed E-state index contributed by atoms with van der Waals surface area (Å²) < 4.78 is 27.7. The van der Waals surface area contributed by atoms with E-state index in [-0.39, 0.29) is 11.1 Å². The number of carbonyl (C=O) groups excluding carboxylic acids is 1. The maximum absolute atomic E-state index is 13.4. The Morgan fingerprint density at radius 2 is 1.68 bits per heavy atom. The number of para-hydroxylation sites is 2. The second-order valence-corrected chi connectivity index (χ2v) is 11.3. The van der Waals surface area contributed by atoms with Crippen molar-refractivity contribution in [2.24, 2.45) is 16.4 Å². The number of hydrazone groups is 1. The minimum atomic E-state index is -4.41. The summed E-state index contributed by atoms with van der Waals surface area (Å²) in [5, 5.41) is 15.7. The van der Waals surface area contributed by atoms with Crippen molar-refractivity contribution in [1.29, 1.82) is 0 Å². The van der Waals surface area contributed by atoms with Crippen molar-refractivity contribution in [2.45, 2.75) is 51.3 Å². The Hall–Kier alpha value is -3.27. The van der Waals surface area contributed by atoms with E-state index in [1.54, 1.807) is 18.2 Å². The van der Waals surface area contributed by atoms with Crippen LogP contribution in [0.25, 0.3) is 0 Å². The van der Waals surface area contributed by atoms with Crippen LogP contribution in [0.15, 0.2) is 64.6 Å². The van der Waals surface area contributed by atoms with E-state index in [9.17, 15) is 23.3 Å². The molecule has 9 nitrogen and oxygen atoms in total. The Balaban J connectivity index is 1.81. The number of nitro benzene ring substituents is 1. The van der Waals surface area contributed by atoms with E-state index >= 15 is 0 Å². The lowest BCUT2D eigenvalue weighted by Crippen LogP contribution is -2.40. The fraction of sp³-hybridized carbons (Fsp3) is 0.417. The molecule has 0 bridgehead atoms. The van der Waals surface area contributed by atoms with Crippen molar-refractivity contribution in [2.75, 3.05) is 10.8 Å². The van der Waals surface area contributed by atoms with Crippen LogP contribution in [0, 0.1) is 21.4 Å². The van der Waals surface area contributed by atoms with E-state index < -0.39 is 38.0 Å². The minimum absolute atomic E-state index is 0.217. The smallest absolute Gasteiger partial charge is 0.271 e. The van der Waals surface area contributed by atoms with Gasteiger partial charge in [-0.25, -0.2) is 13.8 Å². The first kappa shape index (κ1) is 25.4. The van der Waals surface area contributed by atoms with E-state index in [4.69, 9.17) is 0 Å². The van der Waals surface area contributed by atoms with Gasteiger partial charge in [0.15, 0.2) is 4.90 Å². The maximum Gasteiger partial charge on any atom is 0.289 e. The zero-order chi connectivity index (χ0) is 24.9. The van der Waals surface area contributed by atoms with Crippen molar-refractivity contribution in [3.63, 3.8) is 0 Å². The first-order valence-electron chi connectivity index (χ1n) is 11.2. The summed E-state index contributed by atoms with van der Waals surface area (Å²) in [6, 6.07) is 13.1. The highest BCUT2D eigenvalue weighted by molar-refractivity contribution is 7.93. The van der Waals surface area contributed by atoms with E-state index in [1.165, 1.54) is 24.3 Å². The number of nitro groups is 1. The molecule has 0 radical (unpaired) electrons. The number of rotatable bonds is 7. The average Bonchev–Trinajstić information content (AvgIpc) is 2.81. The van der Waals surface area contributed by atoms with Gasteiger partial charge in [0, 0.05) is 11.8 Å². The SMILES string of the molecule is CC(C)(C)C1CCC(=NNC(=O)CN(c2ccccc2)S(=O)(=O)c2ccccc2[N+](=O)[O-])CC1. The standard InChI is InChI=1S/C24H30N4O5S/c1-24(2,3)18-13-15-19(16-14-18)25-26-23(29)17-27(20-9-5-4-6-10-20)34(32,33)22-12-8-7-11-21(22)28(30)31/h4-12,18H,13-17H2,1-3H3,(H,26,29). The molecule has 0 heterocycles. The van der Waals surface area contributed by atoms with Gasteiger partial charge in [0.2, 0.25) is 0 Å². The van der Waals surface area contributed by atoms with Crippen molar-refractivity contribution in [3.8, 4) is 0 Å². The van der Waals surface area contributed by atoms with Gasteiger partial charge in [-0.15, -0.1) is 0 Å². The number of amides is 1. The number of sulfonamides is 1. The zero-order valence-corrected chi connectivity index (χ0v) is 20.4. The molecule has 0 aliphatic heterocycles. The molecular formula is C24H30N4O5S. The number of nitrogens with zero attached hydrogens (tertiary/aromatic N) is 3. The van der Waals surface area contributed by atoms with Crippen molar-refractivity contribution < 1.29 is 18.1 Å². The van der Waals surface area contributed by atoms with Gasteiger partial charge < -0.3 is 0 Å². The Bertz CT molecular complexity index is 1160. The van der Waals surface area contributed by atoms with Crippen LogP contribution >= 0.6 is 0 Å². The van der Waals surface area contributed by atoms with Gasteiger partial charge in [-0.1, -0.05) is 51.1 Å². The third-order valence-corrected chi connectivity index (χ3v) is 7.91. The number of benzene rings is 2. The molecule has 1 aliphatic carbocycles. The monoisotopic (exact) mass is 486 g/mol. The van der Waals surface area contributed by atoms with Crippen molar-refractivity contribution in [3.05, 3.63) is 64.7 Å². The Morgan fingerprint density at radius 3 is 2.26 bits per heavy atom. The second-order valence-electron chi connectivity index (χ2n) is 9.43. The summed E-state index contributed by atoms with van der Waals surface area (Å²) in [7, 11) is -4.41. The van der Waals surface area contributed by atoms with Gasteiger partial charge in [-0.2, -0.15) is 5.10 Å². The second kappa shape index (κ2) is 10.3. The molecule has 1 aliphatic rings. The van der Waals surface area contributed by atoms with Crippen LogP contribution in [-0.2, 0) is 14.8 Å². The van der Waals surface area contributed by atoms with Gasteiger partial charge in [0.05, 0.1) is 10.6 Å². The molecule has 2 aromatic carbocycles. The normalized spacial score (nSPS) is 16.6. The molecule has 2 aromatic rings. The van der Waals surface area contributed by atoms with Crippen LogP contribution in [0.5, 0.6) is 0 Å². The molecule has 0 spiro atoms. The Kier molecular flexibility index (Phi) is 7.71. The summed E-state index contributed by atoms with van der Waals surface area (Å²) in [4.78, 5) is 22.9. The fourth-order valence-electron chi connectivity index (χ4n) is 4.09. The van der Waals surface area contributed by atoms with Gasteiger partial charge in [0.1, 0.15) is 6.54 Å². The van der Waals surface area contributed by atoms with Crippen LogP contribution in [0.4, 0.5) is 11.4 Å². The summed E-state index contributed by atoms with van der Waals surface area (Å²) in [6.07, 6.45) is 3.53. The molecule has 1 fully saturated rings. The lowest BCUT2D eigenvalue weighted by atomic mass is 9.72. The van der Waals surface area contributed by atoms with E-state index in [1.807, 2.05) is 0 Å². The minimum Gasteiger partial charge on any atom is -0.271 e. The first-order valence-corrected chi connectivity index (χ1v) is 12.6. The number of hydrogen-bond donors (Lipinski definition) is 1. The van der Waals surface area contributed by atoms with E-state index in [2.05, 4.69) is 31.3 Å². The molecule has 0 unspecified atom stereocenters. The zero-order valence-electron chi connectivity index (χ0n) is 19.6. The molecule has 3 rings (SSSR count). The van der Waals surface area contributed by atoms with Crippen LogP contribution in [0.1, 0.15) is 46.5 Å². The highest BCUT2D eigenvalue weighted by Gasteiger charge is 2.33. The highest BCUT2D eigenvalue weighted by Crippen LogP contribution is 2.36.